The Hall–Kier alpha value is -3.79. The predicted molar refractivity (Wildman–Crippen MR) is 128 cm³/mol. The summed E-state index contributed by atoms with van der Waals surface area (Å²) in [4.78, 5) is 24.4. The van der Waals surface area contributed by atoms with Crippen molar-refractivity contribution in [1.82, 2.24) is 15.1 Å². The average Bonchev–Trinajstić information content (AvgIpc) is 3.21. The van der Waals surface area contributed by atoms with Crippen molar-refractivity contribution in [3.8, 4) is 11.6 Å². The number of amides is 1. The standard InChI is InChI=1S/C26H29F2N3O5/c1-25(2,3)26(4,35)15-36-22-13-20(30-31(22)21-11-6-5-10-18(21)28)24(34)29-19(14-23(32)33)16-8-7-9-17(27)12-16/h5-13,19,35H,14-15H2,1-4H3,(H,29,34)(H,32,33). The summed E-state index contributed by atoms with van der Waals surface area (Å²) in [7, 11) is 0. The molecule has 2 atom stereocenters. The van der Waals surface area contributed by atoms with Crippen molar-refractivity contribution in [1.29, 1.82) is 0 Å². The molecule has 10 heteroatoms. The lowest BCUT2D eigenvalue weighted by atomic mass is 9.78. The summed E-state index contributed by atoms with van der Waals surface area (Å²) in [5.74, 6) is -3.18. The molecular formula is C26H29F2N3O5. The molecule has 3 N–H and O–H groups in total. The molecule has 0 bridgehead atoms. The first-order valence-corrected chi connectivity index (χ1v) is 11.3. The molecule has 0 aliphatic carbocycles. The molecule has 192 valence electrons. The highest BCUT2D eigenvalue weighted by Gasteiger charge is 2.36. The fourth-order valence-electron chi connectivity index (χ4n) is 3.19. The van der Waals surface area contributed by atoms with E-state index in [2.05, 4.69) is 10.4 Å². The number of rotatable bonds is 9. The van der Waals surface area contributed by atoms with E-state index < -0.39 is 47.0 Å². The summed E-state index contributed by atoms with van der Waals surface area (Å²) >= 11 is 0. The van der Waals surface area contributed by atoms with Crippen LogP contribution in [0.25, 0.3) is 5.69 Å². The number of ether oxygens (including phenoxy) is 1. The van der Waals surface area contributed by atoms with Crippen LogP contribution in [0.3, 0.4) is 0 Å². The van der Waals surface area contributed by atoms with Gasteiger partial charge in [-0.1, -0.05) is 45.0 Å². The summed E-state index contributed by atoms with van der Waals surface area (Å²) in [6.45, 7) is 6.91. The summed E-state index contributed by atoms with van der Waals surface area (Å²) < 4.78 is 35.2. The van der Waals surface area contributed by atoms with Gasteiger partial charge in [0.15, 0.2) is 5.69 Å². The van der Waals surface area contributed by atoms with Crippen molar-refractivity contribution in [2.75, 3.05) is 6.61 Å². The number of benzene rings is 2. The van der Waals surface area contributed by atoms with E-state index in [0.29, 0.717) is 0 Å². The smallest absolute Gasteiger partial charge is 0.305 e. The van der Waals surface area contributed by atoms with Gasteiger partial charge in [0.25, 0.3) is 5.91 Å². The lowest BCUT2D eigenvalue weighted by Gasteiger charge is -2.36. The number of nitrogens with one attached hydrogen (secondary N) is 1. The number of hydrogen-bond donors (Lipinski definition) is 3. The van der Waals surface area contributed by atoms with E-state index >= 15 is 0 Å². The third-order valence-corrected chi connectivity index (χ3v) is 6.04. The number of carbonyl (C=O) groups excluding carboxylic acids is 1. The lowest BCUT2D eigenvalue weighted by Crippen LogP contribution is -2.45. The van der Waals surface area contributed by atoms with E-state index in [9.17, 15) is 28.6 Å². The molecule has 0 aliphatic heterocycles. The van der Waals surface area contributed by atoms with Crippen LogP contribution in [0.1, 0.15) is 56.2 Å². The molecule has 2 unspecified atom stereocenters. The van der Waals surface area contributed by atoms with Crippen LogP contribution in [0.4, 0.5) is 8.78 Å². The number of para-hydroxylation sites is 1. The number of carboxylic acid groups (broad SMARTS) is 1. The molecule has 1 aromatic heterocycles. The molecule has 0 fully saturated rings. The normalized spacial score (nSPS) is 14.1. The minimum absolute atomic E-state index is 0.00434. The van der Waals surface area contributed by atoms with E-state index in [1.165, 1.54) is 42.5 Å². The minimum atomic E-state index is -1.27. The SMILES string of the molecule is CC(C)(C)C(C)(O)COc1cc(C(=O)NC(CC(=O)O)c2cccc(F)c2)nn1-c1ccccc1F. The Morgan fingerprint density at radius 1 is 1.08 bits per heavy atom. The van der Waals surface area contributed by atoms with Crippen molar-refractivity contribution in [2.24, 2.45) is 5.41 Å². The zero-order valence-corrected chi connectivity index (χ0v) is 20.5. The average molecular weight is 502 g/mol. The first-order valence-electron chi connectivity index (χ1n) is 11.3. The zero-order valence-electron chi connectivity index (χ0n) is 20.5. The molecule has 0 spiro atoms. The number of aliphatic carboxylic acids is 1. The summed E-state index contributed by atoms with van der Waals surface area (Å²) in [6.07, 6.45) is -0.499. The van der Waals surface area contributed by atoms with Crippen molar-refractivity contribution >= 4 is 11.9 Å². The molecule has 3 aromatic rings. The van der Waals surface area contributed by atoms with Gasteiger partial charge in [-0.05, 0) is 42.2 Å². The van der Waals surface area contributed by atoms with E-state index in [1.54, 1.807) is 13.0 Å². The van der Waals surface area contributed by atoms with E-state index in [1.807, 2.05) is 20.8 Å². The van der Waals surface area contributed by atoms with Crippen LogP contribution in [0.5, 0.6) is 5.88 Å². The second kappa shape index (κ2) is 10.4. The van der Waals surface area contributed by atoms with Crippen LogP contribution in [0, 0.1) is 17.0 Å². The molecule has 2 aromatic carbocycles. The molecule has 0 saturated carbocycles. The Bertz CT molecular complexity index is 1250. The van der Waals surface area contributed by atoms with E-state index in [0.717, 1.165) is 10.7 Å². The Kier molecular flexibility index (Phi) is 7.78. The molecule has 0 saturated heterocycles. The Morgan fingerprint density at radius 2 is 1.78 bits per heavy atom. The van der Waals surface area contributed by atoms with Gasteiger partial charge >= 0.3 is 5.97 Å². The second-order valence-electron chi connectivity index (χ2n) is 9.72. The molecule has 3 rings (SSSR count). The molecule has 0 aliphatic rings. The fourth-order valence-corrected chi connectivity index (χ4v) is 3.19. The van der Waals surface area contributed by atoms with E-state index in [4.69, 9.17) is 4.74 Å². The van der Waals surface area contributed by atoms with Crippen LogP contribution in [0.2, 0.25) is 0 Å². The Morgan fingerprint density at radius 3 is 2.39 bits per heavy atom. The van der Waals surface area contributed by atoms with Crippen LogP contribution in [0.15, 0.2) is 54.6 Å². The summed E-state index contributed by atoms with van der Waals surface area (Å²) in [5.41, 5.74) is -1.74. The molecule has 8 nitrogen and oxygen atoms in total. The highest BCUT2D eigenvalue weighted by atomic mass is 19.1. The number of carboxylic acids is 1. The van der Waals surface area contributed by atoms with Crippen LogP contribution < -0.4 is 10.1 Å². The highest BCUT2D eigenvalue weighted by Crippen LogP contribution is 2.31. The van der Waals surface area contributed by atoms with Gasteiger partial charge in [-0.15, -0.1) is 0 Å². The first-order chi connectivity index (χ1) is 16.8. The topological polar surface area (TPSA) is 114 Å². The van der Waals surface area contributed by atoms with Gasteiger partial charge in [-0.3, -0.25) is 9.59 Å². The maximum Gasteiger partial charge on any atom is 0.305 e. The molecular weight excluding hydrogens is 472 g/mol. The fraction of sp³-hybridized carbons (Fsp3) is 0.346. The number of halogens is 2. The van der Waals surface area contributed by atoms with E-state index in [-0.39, 0.29) is 29.4 Å². The Labute approximate surface area is 207 Å². The molecule has 36 heavy (non-hydrogen) atoms. The molecule has 0 radical (unpaired) electrons. The van der Waals surface area contributed by atoms with Gasteiger partial charge in [0.1, 0.15) is 29.5 Å². The van der Waals surface area contributed by atoms with Crippen LogP contribution in [-0.4, -0.2) is 44.1 Å². The number of hydrogen-bond acceptors (Lipinski definition) is 5. The monoisotopic (exact) mass is 501 g/mol. The summed E-state index contributed by atoms with van der Waals surface area (Å²) in [6, 6.07) is 11.2. The van der Waals surface area contributed by atoms with Gasteiger partial charge < -0.3 is 20.3 Å². The quantitative estimate of drug-likeness (QED) is 0.404. The van der Waals surface area contributed by atoms with Gasteiger partial charge in [-0.2, -0.15) is 9.78 Å². The first kappa shape index (κ1) is 26.8. The van der Waals surface area contributed by atoms with Crippen molar-refractivity contribution < 1.29 is 33.3 Å². The number of aliphatic hydroxyl groups is 1. The van der Waals surface area contributed by atoms with Crippen LogP contribution in [-0.2, 0) is 4.79 Å². The second-order valence-corrected chi connectivity index (χ2v) is 9.72. The maximum absolute atomic E-state index is 14.6. The largest absolute Gasteiger partial charge is 0.481 e. The maximum atomic E-state index is 14.6. The number of aromatic nitrogens is 2. The zero-order chi connectivity index (χ0) is 26.7. The predicted octanol–water partition coefficient (Wildman–Crippen LogP) is 4.27. The van der Waals surface area contributed by atoms with Crippen molar-refractivity contribution in [2.45, 2.75) is 45.8 Å². The van der Waals surface area contributed by atoms with Gasteiger partial charge in [0.05, 0.1) is 12.5 Å². The lowest BCUT2D eigenvalue weighted by molar-refractivity contribution is -0.137. The van der Waals surface area contributed by atoms with Crippen LogP contribution >= 0.6 is 0 Å². The summed E-state index contributed by atoms with van der Waals surface area (Å²) in [5, 5.41) is 26.8. The van der Waals surface area contributed by atoms with Gasteiger partial charge in [0, 0.05) is 6.07 Å². The molecule has 1 heterocycles. The van der Waals surface area contributed by atoms with Crippen molar-refractivity contribution in [3.05, 3.63) is 77.5 Å². The van der Waals surface area contributed by atoms with Gasteiger partial charge in [-0.25, -0.2) is 8.78 Å². The van der Waals surface area contributed by atoms with Gasteiger partial charge in [0.2, 0.25) is 5.88 Å². The third-order valence-electron chi connectivity index (χ3n) is 6.04. The highest BCUT2D eigenvalue weighted by molar-refractivity contribution is 5.93. The Balaban J connectivity index is 1.96. The molecule has 1 amide bonds. The number of nitrogens with zero attached hydrogens (tertiary/aromatic N) is 2. The number of carbonyl (C=O) groups is 2. The van der Waals surface area contributed by atoms with Crippen molar-refractivity contribution in [3.63, 3.8) is 0 Å². The minimum Gasteiger partial charge on any atom is -0.481 e. The third kappa shape index (κ3) is 6.25.